The molecule has 3 atom stereocenters. The number of rotatable bonds is 6. The van der Waals surface area contributed by atoms with Crippen molar-refractivity contribution in [2.75, 3.05) is 7.11 Å². The number of alkyl halides is 3. The molecule has 3 nitrogen and oxygen atoms in total. The number of hydrogen-bond donors (Lipinski definition) is 1. The summed E-state index contributed by atoms with van der Waals surface area (Å²) in [7, 11) is 1.59. The average Bonchev–Trinajstić information content (AvgIpc) is 2.83. The van der Waals surface area contributed by atoms with Crippen LogP contribution in [0.15, 0.2) is 58.4 Å². The maximum absolute atomic E-state index is 12.7. The first-order chi connectivity index (χ1) is 13.8. The molecule has 0 fully saturated rings. The lowest BCUT2D eigenvalue weighted by Crippen LogP contribution is -2.29. The van der Waals surface area contributed by atoms with E-state index < -0.39 is 18.7 Å². The van der Waals surface area contributed by atoms with Gasteiger partial charge in [0.2, 0.25) is 0 Å². The lowest BCUT2D eigenvalue weighted by molar-refractivity contribution is -0.154. The van der Waals surface area contributed by atoms with E-state index in [0.717, 1.165) is 21.7 Å². The number of fused-ring (bicyclic) bond motifs is 1. The Kier molecular flexibility index (Phi) is 6.90. The van der Waals surface area contributed by atoms with E-state index in [-0.39, 0.29) is 17.7 Å². The summed E-state index contributed by atoms with van der Waals surface area (Å²) in [6.45, 7) is 1.97. The number of hydrogen-bond acceptors (Lipinski definition) is 4. The molecule has 0 saturated heterocycles. The van der Waals surface area contributed by atoms with E-state index in [2.05, 4.69) is 0 Å². The summed E-state index contributed by atoms with van der Waals surface area (Å²) in [5, 5.41) is 9.79. The molecular formula is C22H24F3NO2S. The molecule has 2 aromatic rings. The highest BCUT2D eigenvalue weighted by atomic mass is 32.2. The van der Waals surface area contributed by atoms with Crippen LogP contribution in [0.5, 0.6) is 5.75 Å². The van der Waals surface area contributed by atoms with Crippen molar-refractivity contribution in [1.29, 1.82) is 0 Å². The maximum Gasteiger partial charge on any atom is 0.391 e. The van der Waals surface area contributed by atoms with Crippen molar-refractivity contribution in [1.82, 2.24) is 0 Å². The minimum Gasteiger partial charge on any atom is -0.497 e. The number of methoxy groups -OCH3 is 1. The Hall–Kier alpha value is -1.99. The van der Waals surface area contributed by atoms with Crippen molar-refractivity contribution >= 4 is 17.5 Å². The summed E-state index contributed by atoms with van der Waals surface area (Å²) in [5.74, 6) is 0.691. The zero-order valence-electron chi connectivity index (χ0n) is 16.3. The number of ether oxygens (including phenoxy) is 1. The molecule has 1 heterocycles. The second-order valence-corrected chi connectivity index (χ2v) is 8.33. The van der Waals surface area contributed by atoms with Crippen molar-refractivity contribution in [2.45, 2.75) is 54.7 Å². The minimum atomic E-state index is -4.39. The second kappa shape index (κ2) is 9.22. The normalized spacial score (nSPS) is 20.4. The molecule has 0 radical (unpaired) electrons. The number of aliphatic hydroxyl groups excluding tert-OH is 1. The molecule has 156 valence electrons. The topological polar surface area (TPSA) is 41.8 Å². The smallest absolute Gasteiger partial charge is 0.391 e. The van der Waals surface area contributed by atoms with Crippen LogP contribution in [0.25, 0.3) is 0 Å². The highest BCUT2D eigenvalue weighted by Gasteiger charge is 2.35. The van der Waals surface area contributed by atoms with E-state index in [0.29, 0.717) is 12.2 Å². The molecule has 0 amide bonds. The van der Waals surface area contributed by atoms with Crippen LogP contribution in [0.2, 0.25) is 0 Å². The fourth-order valence-corrected chi connectivity index (χ4v) is 4.97. The van der Waals surface area contributed by atoms with Crippen LogP contribution < -0.4 is 4.74 Å². The third kappa shape index (κ3) is 5.54. The first-order valence-electron chi connectivity index (χ1n) is 9.53. The van der Waals surface area contributed by atoms with Crippen LogP contribution in [-0.4, -0.2) is 41.5 Å². The zero-order valence-corrected chi connectivity index (χ0v) is 17.1. The van der Waals surface area contributed by atoms with Crippen LogP contribution in [0.1, 0.15) is 37.3 Å². The van der Waals surface area contributed by atoms with E-state index in [4.69, 9.17) is 9.73 Å². The lowest BCUT2D eigenvalue weighted by Gasteiger charge is -2.24. The Morgan fingerprint density at radius 1 is 1.17 bits per heavy atom. The standard InChI is InChI=1S/C22H24F3NO2S/c1-3-18-20(11-15(27)13-22(23,24)25)29-19-10-9-16(28-2)12-17(19)21(26-18)14-7-5-4-6-8-14/h4-10,12,15,18,20,27H,3,11,13H2,1-2H3. The van der Waals surface area contributed by atoms with Crippen molar-refractivity contribution < 1.29 is 23.0 Å². The number of aliphatic imine (C=N–C) groups is 1. The van der Waals surface area contributed by atoms with E-state index in [1.54, 1.807) is 7.11 Å². The van der Waals surface area contributed by atoms with E-state index in [1.807, 2.05) is 55.5 Å². The quantitative estimate of drug-likeness (QED) is 0.668. The van der Waals surface area contributed by atoms with Crippen molar-refractivity contribution in [3.63, 3.8) is 0 Å². The summed E-state index contributed by atoms with van der Waals surface area (Å²) in [6.07, 6.45) is -6.35. The average molecular weight is 424 g/mol. The molecule has 0 spiro atoms. The van der Waals surface area contributed by atoms with Crippen LogP contribution in [0.4, 0.5) is 13.2 Å². The Morgan fingerprint density at radius 3 is 2.52 bits per heavy atom. The van der Waals surface area contributed by atoms with Crippen LogP contribution >= 0.6 is 11.8 Å². The highest BCUT2D eigenvalue weighted by molar-refractivity contribution is 8.00. The third-order valence-electron chi connectivity index (χ3n) is 4.88. The molecule has 3 rings (SSSR count). The van der Waals surface area contributed by atoms with Crippen LogP contribution in [0, 0.1) is 0 Å². The minimum absolute atomic E-state index is 0.0275. The molecule has 1 aliphatic rings. The van der Waals surface area contributed by atoms with Gasteiger partial charge >= 0.3 is 6.18 Å². The molecule has 0 aromatic heterocycles. The van der Waals surface area contributed by atoms with Crippen LogP contribution in [-0.2, 0) is 0 Å². The van der Waals surface area contributed by atoms with Gasteiger partial charge in [0.25, 0.3) is 0 Å². The van der Waals surface area contributed by atoms with Crippen molar-refractivity contribution in [2.24, 2.45) is 4.99 Å². The van der Waals surface area contributed by atoms with Gasteiger partial charge in [0.15, 0.2) is 0 Å². The van der Waals surface area contributed by atoms with Gasteiger partial charge in [-0.25, -0.2) is 0 Å². The Balaban J connectivity index is 2.02. The first kappa shape index (κ1) is 21.7. The maximum atomic E-state index is 12.7. The SMILES string of the molecule is CCC1N=C(c2ccccc2)c2cc(OC)ccc2SC1CC(O)CC(F)(F)F. The van der Waals surface area contributed by atoms with E-state index in [9.17, 15) is 18.3 Å². The van der Waals surface area contributed by atoms with Gasteiger partial charge in [-0.3, -0.25) is 4.99 Å². The summed E-state index contributed by atoms with van der Waals surface area (Å²) in [5.41, 5.74) is 2.64. The van der Waals surface area contributed by atoms with Gasteiger partial charge in [0.1, 0.15) is 5.75 Å². The monoisotopic (exact) mass is 423 g/mol. The molecule has 7 heteroatoms. The third-order valence-corrected chi connectivity index (χ3v) is 6.30. The van der Waals surface area contributed by atoms with Gasteiger partial charge < -0.3 is 9.84 Å². The molecule has 0 saturated carbocycles. The van der Waals surface area contributed by atoms with Gasteiger partial charge in [-0.05, 0) is 31.0 Å². The first-order valence-corrected chi connectivity index (χ1v) is 10.4. The predicted octanol–water partition coefficient (Wildman–Crippen LogP) is 5.49. The summed E-state index contributed by atoms with van der Waals surface area (Å²) in [6, 6.07) is 15.2. The fraction of sp³-hybridized carbons (Fsp3) is 0.409. The van der Waals surface area contributed by atoms with Gasteiger partial charge in [-0.2, -0.15) is 13.2 Å². The van der Waals surface area contributed by atoms with Crippen molar-refractivity contribution in [3.05, 3.63) is 59.7 Å². The molecule has 1 N–H and O–H groups in total. The highest BCUT2D eigenvalue weighted by Crippen LogP contribution is 2.40. The molecule has 0 aliphatic carbocycles. The number of nitrogens with zero attached hydrogens (tertiary/aromatic N) is 1. The zero-order chi connectivity index (χ0) is 21.0. The Labute approximate surface area is 173 Å². The van der Waals surface area contributed by atoms with Crippen LogP contribution in [0.3, 0.4) is 0 Å². The summed E-state index contributed by atoms with van der Waals surface area (Å²) in [4.78, 5) is 5.88. The second-order valence-electron chi connectivity index (χ2n) is 7.05. The van der Waals surface area contributed by atoms with Gasteiger partial charge in [0.05, 0.1) is 31.4 Å². The molecule has 0 bridgehead atoms. The number of halogens is 3. The van der Waals surface area contributed by atoms with Gasteiger partial charge in [-0.1, -0.05) is 37.3 Å². The van der Waals surface area contributed by atoms with E-state index >= 15 is 0 Å². The summed E-state index contributed by atoms with van der Waals surface area (Å²) < 4.78 is 43.5. The molecule has 2 aromatic carbocycles. The number of benzene rings is 2. The largest absolute Gasteiger partial charge is 0.497 e. The predicted molar refractivity (Wildman–Crippen MR) is 110 cm³/mol. The number of aliphatic hydroxyl groups is 1. The molecule has 3 unspecified atom stereocenters. The fourth-order valence-electron chi connectivity index (χ4n) is 3.49. The van der Waals surface area contributed by atoms with Gasteiger partial charge in [-0.15, -0.1) is 11.8 Å². The van der Waals surface area contributed by atoms with Crippen molar-refractivity contribution in [3.8, 4) is 5.75 Å². The molecule has 29 heavy (non-hydrogen) atoms. The molecular weight excluding hydrogens is 399 g/mol. The lowest BCUT2D eigenvalue weighted by atomic mass is 9.99. The van der Waals surface area contributed by atoms with Gasteiger partial charge in [0, 0.05) is 21.3 Å². The molecule has 1 aliphatic heterocycles. The summed E-state index contributed by atoms with van der Waals surface area (Å²) >= 11 is 1.48. The Bertz CT molecular complexity index is 855. The Morgan fingerprint density at radius 2 is 1.90 bits per heavy atom. The van der Waals surface area contributed by atoms with E-state index in [1.165, 1.54) is 11.8 Å². The number of thioether (sulfide) groups is 1.